The van der Waals surface area contributed by atoms with E-state index in [1.807, 2.05) is 51.1 Å². The van der Waals surface area contributed by atoms with Crippen molar-refractivity contribution >= 4 is 23.9 Å². The maximum absolute atomic E-state index is 13.0. The molecule has 3 amide bonds. The van der Waals surface area contributed by atoms with Crippen LogP contribution in [0, 0.1) is 11.8 Å². The second-order valence-electron chi connectivity index (χ2n) is 11.2. The fourth-order valence-corrected chi connectivity index (χ4v) is 5.04. The molecule has 204 valence electrons. The predicted molar refractivity (Wildman–Crippen MR) is 139 cm³/mol. The van der Waals surface area contributed by atoms with Crippen LogP contribution in [0.15, 0.2) is 30.3 Å². The highest BCUT2D eigenvalue weighted by Gasteiger charge is 2.31. The van der Waals surface area contributed by atoms with Crippen LogP contribution in [-0.4, -0.2) is 70.6 Å². The Balaban J connectivity index is 1.45. The molecule has 9 nitrogen and oxygen atoms in total. The zero-order valence-electron chi connectivity index (χ0n) is 22.3. The minimum absolute atomic E-state index is 0.0530. The molecule has 1 aromatic rings. The number of hydrogen-bond donors (Lipinski definition) is 2. The molecule has 0 bridgehead atoms. The number of benzene rings is 1. The van der Waals surface area contributed by atoms with Gasteiger partial charge >= 0.3 is 12.1 Å². The summed E-state index contributed by atoms with van der Waals surface area (Å²) in [5.74, 6) is -1.10. The molecule has 0 saturated carbocycles. The van der Waals surface area contributed by atoms with Crippen LogP contribution >= 0.6 is 0 Å². The summed E-state index contributed by atoms with van der Waals surface area (Å²) in [7, 11) is 0. The molecule has 2 aliphatic heterocycles. The van der Waals surface area contributed by atoms with Gasteiger partial charge in [0.05, 0.1) is 18.4 Å². The number of carbonyl (C=O) groups excluding carboxylic acids is 3. The largest absolute Gasteiger partial charge is 0.481 e. The Bertz CT molecular complexity index is 937. The molecule has 2 fully saturated rings. The smallest absolute Gasteiger partial charge is 0.410 e. The average Bonchev–Trinajstić information content (AvgIpc) is 2.86. The van der Waals surface area contributed by atoms with Crippen molar-refractivity contribution in [1.82, 2.24) is 15.1 Å². The molecule has 0 spiro atoms. The summed E-state index contributed by atoms with van der Waals surface area (Å²) < 4.78 is 5.45. The molecule has 37 heavy (non-hydrogen) atoms. The highest BCUT2D eigenvalue weighted by molar-refractivity contribution is 5.82. The maximum Gasteiger partial charge on any atom is 0.410 e. The van der Waals surface area contributed by atoms with E-state index >= 15 is 0 Å². The molecular weight excluding hydrogens is 474 g/mol. The molecule has 2 aliphatic rings. The lowest BCUT2D eigenvalue weighted by molar-refractivity contribution is -0.138. The Morgan fingerprint density at radius 3 is 2.32 bits per heavy atom. The van der Waals surface area contributed by atoms with Crippen LogP contribution in [-0.2, 0) is 19.1 Å². The van der Waals surface area contributed by atoms with Crippen molar-refractivity contribution < 1.29 is 29.0 Å². The summed E-state index contributed by atoms with van der Waals surface area (Å²) in [6, 6.07) is 8.49. The van der Waals surface area contributed by atoms with Crippen molar-refractivity contribution in [2.45, 2.75) is 77.4 Å². The van der Waals surface area contributed by atoms with Crippen molar-refractivity contribution in [3.05, 3.63) is 35.9 Å². The number of ether oxygens (including phenoxy) is 1. The van der Waals surface area contributed by atoms with E-state index in [1.165, 1.54) is 0 Å². The van der Waals surface area contributed by atoms with Gasteiger partial charge < -0.3 is 25.0 Å². The third-order valence-corrected chi connectivity index (χ3v) is 7.07. The average molecular weight is 516 g/mol. The fourth-order valence-electron chi connectivity index (χ4n) is 5.04. The summed E-state index contributed by atoms with van der Waals surface area (Å²) in [5, 5.41) is 12.2. The number of nitrogens with one attached hydrogen (secondary N) is 1. The molecule has 2 heterocycles. The number of amides is 3. The van der Waals surface area contributed by atoms with Crippen LogP contribution in [0.2, 0.25) is 0 Å². The lowest BCUT2D eigenvalue weighted by Crippen LogP contribution is -2.46. The van der Waals surface area contributed by atoms with Crippen LogP contribution < -0.4 is 5.32 Å². The van der Waals surface area contributed by atoms with Gasteiger partial charge in [-0.1, -0.05) is 30.3 Å². The number of carboxylic acids is 1. The number of piperidine rings is 2. The van der Waals surface area contributed by atoms with E-state index in [2.05, 4.69) is 5.32 Å². The molecule has 2 saturated heterocycles. The molecule has 2 atom stereocenters. The summed E-state index contributed by atoms with van der Waals surface area (Å²) in [5.41, 5.74) is 0.238. The first-order chi connectivity index (χ1) is 17.5. The van der Waals surface area contributed by atoms with Crippen LogP contribution in [0.1, 0.15) is 77.3 Å². The minimum atomic E-state index is -0.980. The molecule has 2 N–H and O–H groups in total. The zero-order valence-corrected chi connectivity index (χ0v) is 22.3. The van der Waals surface area contributed by atoms with Crippen LogP contribution in [0.25, 0.3) is 0 Å². The minimum Gasteiger partial charge on any atom is -0.481 e. The van der Waals surface area contributed by atoms with Crippen molar-refractivity contribution in [1.29, 1.82) is 0 Å². The lowest BCUT2D eigenvalue weighted by atomic mass is 9.91. The number of hydrogen-bond acceptors (Lipinski definition) is 5. The SMILES string of the molecule is CC(C)(C)OC(=O)N1CCC(CCC(=O)N2CCC[C@@H](C(=O)NC(CC(=O)O)c3ccccc3)C2)CC1. The fraction of sp³-hybridized carbons (Fsp3) is 0.643. The molecule has 3 rings (SSSR count). The highest BCUT2D eigenvalue weighted by atomic mass is 16.6. The standard InChI is InChI=1S/C28H41N3O6/c1-28(2,3)37-27(36)30-16-13-20(14-17-30)11-12-24(32)31-15-7-10-22(19-31)26(35)29-23(18-25(33)34)21-8-5-4-6-9-21/h4-6,8-9,20,22-23H,7,10-19H2,1-3H3,(H,29,35)(H,33,34)/t22-,23?/m1/s1. The topological polar surface area (TPSA) is 116 Å². The van der Waals surface area contributed by atoms with E-state index in [0.717, 1.165) is 31.2 Å². The summed E-state index contributed by atoms with van der Waals surface area (Å²) in [6.07, 6.45) is 3.83. The van der Waals surface area contributed by atoms with Gasteiger partial charge in [-0.25, -0.2) is 4.79 Å². The van der Waals surface area contributed by atoms with Crippen molar-refractivity contribution in [3.8, 4) is 0 Å². The number of likely N-dealkylation sites (tertiary alicyclic amines) is 2. The molecule has 0 radical (unpaired) electrons. The highest BCUT2D eigenvalue weighted by Crippen LogP contribution is 2.26. The quantitative estimate of drug-likeness (QED) is 0.541. The first-order valence-electron chi connectivity index (χ1n) is 13.3. The van der Waals surface area contributed by atoms with E-state index in [-0.39, 0.29) is 30.2 Å². The Hall–Kier alpha value is -3.10. The maximum atomic E-state index is 13.0. The van der Waals surface area contributed by atoms with E-state index in [1.54, 1.807) is 9.80 Å². The van der Waals surface area contributed by atoms with Crippen LogP contribution in [0.4, 0.5) is 4.79 Å². The summed E-state index contributed by atoms with van der Waals surface area (Å²) in [4.78, 5) is 53.1. The monoisotopic (exact) mass is 515 g/mol. The third-order valence-electron chi connectivity index (χ3n) is 7.07. The van der Waals surface area contributed by atoms with Gasteiger partial charge in [0.1, 0.15) is 5.60 Å². The van der Waals surface area contributed by atoms with Gasteiger partial charge in [-0.05, 0) is 64.4 Å². The van der Waals surface area contributed by atoms with Crippen molar-refractivity contribution in [2.24, 2.45) is 11.8 Å². The Labute approximate surface area is 219 Å². The van der Waals surface area contributed by atoms with E-state index in [4.69, 9.17) is 4.74 Å². The Kier molecular flexibility index (Phi) is 9.94. The first kappa shape index (κ1) is 28.5. The van der Waals surface area contributed by atoms with E-state index < -0.39 is 17.6 Å². The number of nitrogens with zero attached hydrogens (tertiary/aromatic N) is 2. The molecule has 0 aromatic heterocycles. The summed E-state index contributed by atoms with van der Waals surface area (Å²) in [6.45, 7) is 7.84. The van der Waals surface area contributed by atoms with E-state index in [0.29, 0.717) is 44.9 Å². The van der Waals surface area contributed by atoms with E-state index in [9.17, 15) is 24.3 Å². The van der Waals surface area contributed by atoms with Gasteiger partial charge in [0.15, 0.2) is 0 Å². The Morgan fingerprint density at radius 1 is 1.03 bits per heavy atom. The van der Waals surface area contributed by atoms with Crippen molar-refractivity contribution in [3.63, 3.8) is 0 Å². The number of aliphatic carboxylic acids is 1. The van der Waals surface area contributed by atoms with Gasteiger partial charge in [-0.3, -0.25) is 14.4 Å². The van der Waals surface area contributed by atoms with Crippen LogP contribution in [0.3, 0.4) is 0 Å². The predicted octanol–water partition coefficient (Wildman–Crippen LogP) is 3.98. The normalized spacial score (nSPS) is 19.7. The molecular formula is C28H41N3O6. The first-order valence-corrected chi connectivity index (χ1v) is 13.3. The van der Waals surface area contributed by atoms with Gasteiger partial charge in [0.2, 0.25) is 11.8 Å². The molecule has 9 heteroatoms. The molecule has 1 unspecified atom stereocenters. The van der Waals surface area contributed by atoms with Gasteiger partial charge in [0, 0.05) is 32.6 Å². The van der Waals surface area contributed by atoms with Gasteiger partial charge in [-0.2, -0.15) is 0 Å². The molecule has 1 aromatic carbocycles. The lowest BCUT2D eigenvalue weighted by Gasteiger charge is -2.35. The molecule has 0 aliphatic carbocycles. The van der Waals surface area contributed by atoms with Gasteiger partial charge in [-0.15, -0.1) is 0 Å². The zero-order chi connectivity index (χ0) is 27.0. The number of rotatable bonds is 8. The van der Waals surface area contributed by atoms with Crippen molar-refractivity contribution in [2.75, 3.05) is 26.2 Å². The third kappa shape index (κ3) is 9.05. The summed E-state index contributed by atoms with van der Waals surface area (Å²) >= 11 is 0. The van der Waals surface area contributed by atoms with Gasteiger partial charge in [0.25, 0.3) is 0 Å². The second-order valence-corrected chi connectivity index (χ2v) is 11.2. The van der Waals surface area contributed by atoms with Crippen LogP contribution in [0.5, 0.6) is 0 Å². The second kappa shape index (κ2) is 12.9. The number of carbonyl (C=O) groups is 4. The Morgan fingerprint density at radius 2 is 1.70 bits per heavy atom. The number of carboxylic acid groups (broad SMARTS) is 1.